The lowest BCUT2D eigenvalue weighted by Crippen LogP contribution is -2.20. The highest BCUT2D eigenvalue weighted by molar-refractivity contribution is 7.15. The molecule has 3 rings (SSSR count). The fourth-order valence-electron chi connectivity index (χ4n) is 2.46. The lowest BCUT2D eigenvalue weighted by Gasteiger charge is -2.11. The fraction of sp³-hybridized carbons (Fsp3) is 0.222. The number of nitrogens with zero attached hydrogens (tertiary/aromatic N) is 2. The monoisotopic (exact) mass is 403 g/mol. The van der Waals surface area contributed by atoms with Gasteiger partial charge in [0.1, 0.15) is 6.61 Å². The number of benzene rings is 1. The summed E-state index contributed by atoms with van der Waals surface area (Å²) in [6, 6.07) is 5.70. The zero-order valence-electron chi connectivity index (χ0n) is 15.1. The van der Waals surface area contributed by atoms with E-state index < -0.39 is 11.9 Å². The number of fused-ring (bicyclic) bond motifs is 1. The molecular formula is C18H17N3O6S. The highest BCUT2D eigenvalue weighted by atomic mass is 32.1. The molecule has 0 atom stereocenters. The van der Waals surface area contributed by atoms with Crippen LogP contribution in [0.15, 0.2) is 34.4 Å². The van der Waals surface area contributed by atoms with E-state index in [2.05, 4.69) is 4.98 Å². The highest BCUT2D eigenvalue weighted by Crippen LogP contribution is 2.28. The first kappa shape index (κ1) is 19.4. The van der Waals surface area contributed by atoms with E-state index >= 15 is 0 Å². The first-order valence-corrected chi connectivity index (χ1v) is 9.00. The number of methoxy groups -OCH3 is 1. The molecule has 0 aliphatic carbocycles. The van der Waals surface area contributed by atoms with Gasteiger partial charge in [0, 0.05) is 17.1 Å². The van der Waals surface area contributed by atoms with E-state index in [1.54, 1.807) is 0 Å². The first-order chi connectivity index (χ1) is 13.4. The van der Waals surface area contributed by atoms with Crippen molar-refractivity contribution < 1.29 is 23.8 Å². The number of primary amides is 1. The summed E-state index contributed by atoms with van der Waals surface area (Å²) in [6.45, 7) is 1.35. The molecule has 0 aliphatic rings. The van der Waals surface area contributed by atoms with Crippen LogP contribution in [-0.2, 0) is 16.1 Å². The summed E-state index contributed by atoms with van der Waals surface area (Å²) >= 11 is 1.33. The Bertz CT molecular complexity index is 1100. The van der Waals surface area contributed by atoms with Crippen LogP contribution in [0.25, 0.3) is 4.96 Å². The summed E-state index contributed by atoms with van der Waals surface area (Å²) in [5.41, 5.74) is 6.18. The molecule has 0 unspecified atom stereocenters. The molecule has 1 amide bonds. The van der Waals surface area contributed by atoms with Crippen molar-refractivity contribution in [2.24, 2.45) is 5.73 Å². The van der Waals surface area contributed by atoms with Crippen molar-refractivity contribution in [1.29, 1.82) is 0 Å². The SMILES string of the molecule is COc1cc(C(=O)OCc2cc(=O)n3c(C)csc3n2)ccc1OCC(N)=O. The smallest absolute Gasteiger partial charge is 0.338 e. The van der Waals surface area contributed by atoms with Crippen LogP contribution in [0.5, 0.6) is 11.5 Å². The lowest BCUT2D eigenvalue weighted by molar-refractivity contribution is -0.119. The number of rotatable bonds is 7. The maximum atomic E-state index is 12.3. The van der Waals surface area contributed by atoms with E-state index in [4.69, 9.17) is 19.9 Å². The molecule has 2 aromatic heterocycles. The molecule has 10 heteroatoms. The van der Waals surface area contributed by atoms with E-state index in [-0.39, 0.29) is 35.8 Å². The Kier molecular flexibility index (Phi) is 5.59. The summed E-state index contributed by atoms with van der Waals surface area (Å²) < 4.78 is 17.1. The average Bonchev–Trinajstić information content (AvgIpc) is 3.05. The van der Waals surface area contributed by atoms with E-state index in [0.29, 0.717) is 10.7 Å². The van der Waals surface area contributed by atoms with Gasteiger partial charge in [-0.3, -0.25) is 14.0 Å². The van der Waals surface area contributed by atoms with Gasteiger partial charge in [0.15, 0.2) is 23.1 Å². The van der Waals surface area contributed by atoms with E-state index in [9.17, 15) is 14.4 Å². The maximum Gasteiger partial charge on any atom is 0.338 e. The van der Waals surface area contributed by atoms with Crippen LogP contribution in [0, 0.1) is 6.92 Å². The van der Waals surface area contributed by atoms with Crippen LogP contribution in [0.4, 0.5) is 0 Å². The summed E-state index contributed by atoms with van der Waals surface area (Å²) in [5, 5.41) is 1.83. The van der Waals surface area contributed by atoms with Crippen LogP contribution >= 0.6 is 11.3 Å². The molecule has 0 spiro atoms. The van der Waals surface area contributed by atoms with Gasteiger partial charge in [0.2, 0.25) is 0 Å². The average molecular weight is 403 g/mol. The van der Waals surface area contributed by atoms with Gasteiger partial charge in [-0.15, -0.1) is 11.3 Å². The molecule has 28 heavy (non-hydrogen) atoms. The summed E-state index contributed by atoms with van der Waals surface area (Å²) in [6.07, 6.45) is 0. The van der Waals surface area contributed by atoms with Crippen molar-refractivity contribution in [2.45, 2.75) is 13.5 Å². The van der Waals surface area contributed by atoms with E-state index in [1.165, 1.54) is 47.1 Å². The van der Waals surface area contributed by atoms with Crippen molar-refractivity contribution in [3.8, 4) is 11.5 Å². The third kappa shape index (κ3) is 4.12. The molecule has 0 saturated carbocycles. The number of aryl methyl sites for hydroxylation is 1. The zero-order chi connectivity index (χ0) is 20.3. The number of esters is 1. The number of carbonyl (C=O) groups excluding carboxylic acids is 2. The number of hydrogen-bond acceptors (Lipinski definition) is 8. The topological polar surface area (TPSA) is 122 Å². The number of thiazole rings is 1. The molecule has 2 N–H and O–H groups in total. The Morgan fingerprint density at radius 1 is 1.25 bits per heavy atom. The molecule has 3 aromatic rings. The summed E-state index contributed by atoms with van der Waals surface area (Å²) in [7, 11) is 1.40. The largest absolute Gasteiger partial charge is 0.493 e. The van der Waals surface area contributed by atoms with Crippen LogP contribution in [0.1, 0.15) is 21.7 Å². The van der Waals surface area contributed by atoms with Gasteiger partial charge in [-0.25, -0.2) is 9.78 Å². The molecule has 0 bridgehead atoms. The van der Waals surface area contributed by atoms with Gasteiger partial charge < -0.3 is 19.9 Å². The maximum absolute atomic E-state index is 12.3. The van der Waals surface area contributed by atoms with Crippen LogP contribution in [0.2, 0.25) is 0 Å². The third-order valence-electron chi connectivity index (χ3n) is 3.75. The van der Waals surface area contributed by atoms with Gasteiger partial charge in [-0.2, -0.15) is 0 Å². The van der Waals surface area contributed by atoms with Gasteiger partial charge in [0.05, 0.1) is 18.4 Å². The minimum atomic E-state index is -0.633. The van der Waals surface area contributed by atoms with E-state index in [0.717, 1.165) is 5.69 Å². The second-order valence-corrected chi connectivity index (χ2v) is 6.61. The van der Waals surface area contributed by atoms with Crippen molar-refractivity contribution in [2.75, 3.05) is 13.7 Å². The molecular weight excluding hydrogens is 386 g/mol. The second-order valence-electron chi connectivity index (χ2n) is 5.78. The Morgan fingerprint density at radius 2 is 2.04 bits per heavy atom. The Labute approximate surface area is 163 Å². The third-order valence-corrected chi connectivity index (χ3v) is 4.69. The predicted octanol–water partition coefficient (Wildman–Crippen LogP) is 1.29. The fourth-order valence-corrected chi connectivity index (χ4v) is 3.35. The van der Waals surface area contributed by atoms with Crippen LogP contribution < -0.4 is 20.8 Å². The number of aromatic nitrogens is 2. The first-order valence-electron chi connectivity index (χ1n) is 8.12. The molecule has 9 nitrogen and oxygen atoms in total. The standard InChI is InChI=1S/C18H17N3O6S/c1-10-9-28-18-20-12(6-16(23)21(10)18)7-27-17(24)11-3-4-13(14(5-11)25-2)26-8-15(19)22/h3-6,9H,7-8H2,1-2H3,(H2,19,22). The number of amides is 1. The van der Waals surface area contributed by atoms with Gasteiger partial charge in [-0.1, -0.05) is 0 Å². The lowest BCUT2D eigenvalue weighted by atomic mass is 10.2. The minimum absolute atomic E-state index is 0.149. The molecule has 0 aliphatic heterocycles. The Hall–Kier alpha value is -3.40. The minimum Gasteiger partial charge on any atom is -0.493 e. The Morgan fingerprint density at radius 3 is 2.75 bits per heavy atom. The summed E-state index contributed by atoms with van der Waals surface area (Å²) in [5.74, 6) is -0.732. The van der Waals surface area contributed by atoms with Crippen LogP contribution in [0.3, 0.4) is 0 Å². The van der Waals surface area contributed by atoms with Crippen molar-refractivity contribution in [3.63, 3.8) is 0 Å². The van der Waals surface area contributed by atoms with Crippen molar-refractivity contribution in [3.05, 3.63) is 57.0 Å². The molecule has 0 saturated heterocycles. The highest BCUT2D eigenvalue weighted by Gasteiger charge is 2.14. The number of nitrogens with two attached hydrogens (primary N) is 1. The summed E-state index contributed by atoms with van der Waals surface area (Å²) in [4.78, 5) is 40.2. The van der Waals surface area contributed by atoms with E-state index in [1.807, 2.05) is 12.3 Å². The van der Waals surface area contributed by atoms with Crippen molar-refractivity contribution in [1.82, 2.24) is 9.38 Å². The number of ether oxygens (including phenoxy) is 3. The number of carbonyl (C=O) groups is 2. The van der Waals surface area contributed by atoms with Crippen molar-refractivity contribution >= 4 is 28.2 Å². The Balaban J connectivity index is 1.72. The molecule has 146 valence electrons. The predicted molar refractivity (Wildman–Crippen MR) is 101 cm³/mol. The molecule has 1 aromatic carbocycles. The van der Waals surface area contributed by atoms with Crippen LogP contribution in [-0.4, -0.2) is 35.0 Å². The van der Waals surface area contributed by atoms with Gasteiger partial charge in [0.25, 0.3) is 11.5 Å². The second kappa shape index (κ2) is 8.09. The molecule has 0 fully saturated rings. The quantitative estimate of drug-likeness (QED) is 0.590. The molecule has 0 radical (unpaired) electrons. The zero-order valence-corrected chi connectivity index (χ0v) is 15.9. The molecule has 2 heterocycles. The normalized spacial score (nSPS) is 10.6. The van der Waals surface area contributed by atoms with Gasteiger partial charge in [-0.05, 0) is 25.1 Å². The number of hydrogen-bond donors (Lipinski definition) is 1. The van der Waals surface area contributed by atoms with Gasteiger partial charge >= 0.3 is 5.97 Å².